The first-order chi connectivity index (χ1) is 15.1. The zero-order valence-electron chi connectivity index (χ0n) is 16.2. The Morgan fingerprint density at radius 3 is 2.94 bits per heavy atom. The zero-order valence-corrected chi connectivity index (χ0v) is 18.5. The predicted molar refractivity (Wildman–Crippen MR) is 122 cm³/mol. The SMILES string of the molecule is O=C(COc1ccc(Cl)cc1Cl)NCCn1ncc2c(NCc3cccs3)ncnc21. The second-order valence-electron chi connectivity index (χ2n) is 6.47. The van der Waals surface area contributed by atoms with Crippen LogP contribution in [-0.4, -0.2) is 38.8 Å². The van der Waals surface area contributed by atoms with E-state index in [-0.39, 0.29) is 12.5 Å². The average molecular weight is 477 g/mol. The van der Waals surface area contributed by atoms with Gasteiger partial charge in [-0.05, 0) is 29.6 Å². The van der Waals surface area contributed by atoms with Crippen molar-refractivity contribution in [1.29, 1.82) is 0 Å². The molecule has 0 saturated heterocycles. The largest absolute Gasteiger partial charge is 0.482 e. The molecule has 0 fully saturated rings. The third kappa shape index (κ3) is 5.43. The van der Waals surface area contributed by atoms with Crippen molar-refractivity contribution < 1.29 is 9.53 Å². The number of aromatic nitrogens is 4. The number of benzene rings is 1. The molecule has 160 valence electrons. The second-order valence-corrected chi connectivity index (χ2v) is 8.35. The van der Waals surface area contributed by atoms with Crippen molar-refractivity contribution in [2.75, 3.05) is 18.5 Å². The van der Waals surface area contributed by atoms with Crippen LogP contribution in [0, 0.1) is 0 Å². The summed E-state index contributed by atoms with van der Waals surface area (Å²) in [5, 5.41) is 14.2. The van der Waals surface area contributed by atoms with Gasteiger partial charge in [-0.2, -0.15) is 5.10 Å². The zero-order chi connectivity index (χ0) is 21.6. The number of nitrogens with zero attached hydrogens (tertiary/aromatic N) is 4. The number of hydrogen-bond acceptors (Lipinski definition) is 7. The van der Waals surface area contributed by atoms with E-state index >= 15 is 0 Å². The minimum Gasteiger partial charge on any atom is -0.482 e. The lowest BCUT2D eigenvalue weighted by Gasteiger charge is -2.09. The number of rotatable bonds is 9. The summed E-state index contributed by atoms with van der Waals surface area (Å²) >= 11 is 13.6. The molecule has 0 radical (unpaired) electrons. The molecule has 4 rings (SSSR count). The molecule has 31 heavy (non-hydrogen) atoms. The van der Waals surface area contributed by atoms with Crippen molar-refractivity contribution in [2.45, 2.75) is 13.1 Å². The second kappa shape index (κ2) is 9.95. The molecule has 3 heterocycles. The van der Waals surface area contributed by atoms with Crippen LogP contribution in [0.1, 0.15) is 4.88 Å². The van der Waals surface area contributed by atoms with Crippen molar-refractivity contribution in [2.24, 2.45) is 0 Å². The summed E-state index contributed by atoms with van der Waals surface area (Å²) < 4.78 is 7.16. The minimum absolute atomic E-state index is 0.153. The van der Waals surface area contributed by atoms with Crippen molar-refractivity contribution >= 4 is 57.3 Å². The third-order valence-electron chi connectivity index (χ3n) is 4.34. The van der Waals surface area contributed by atoms with Gasteiger partial charge in [-0.25, -0.2) is 14.6 Å². The van der Waals surface area contributed by atoms with Crippen molar-refractivity contribution in [1.82, 2.24) is 25.1 Å². The first-order valence-electron chi connectivity index (χ1n) is 9.37. The van der Waals surface area contributed by atoms with Crippen LogP contribution in [0.15, 0.2) is 48.2 Å². The Morgan fingerprint density at radius 2 is 2.13 bits per heavy atom. The molecule has 3 aromatic heterocycles. The summed E-state index contributed by atoms with van der Waals surface area (Å²) in [5.74, 6) is 0.857. The van der Waals surface area contributed by atoms with E-state index in [4.69, 9.17) is 27.9 Å². The van der Waals surface area contributed by atoms with Gasteiger partial charge in [0.05, 0.1) is 29.7 Å². The fraction of sp³-hybridized carbons (Fsp3) is 0.200. The molecule has 1 amide bonds. The van der Waals surface area contributed by atoms with E-state index < -0.39 is 0 Å². The van der Waals surface area contributed by atoms with Crippen molar-refractivity contribution in [3.05, 3.63) is 63.2 Å². The highest BCUT2D eigenvalue weighted by Gasteiger charge is 2.11. The molecule has 4 aromatic rings. The Labute approximate surface area is 192 Å². The maximum Gasteiger partial charge on any atom is 0.258 e. The quantitative estimate of drug-likeness (QED) is 0.379. The lowest BCUT2D eigenvalue weighted by atomic mass is 10.3. The van der Waals surface area contributed by atoms with Gasteiger partial charge >= 0.3 is 0 Å². The molecule has 0 aliphatic rings. The van der Waals surface area contributed by atoms with E-state index in [1.165, 1.54) is 11.2 Å². The van der Waals surface area contributed by atoms with E-state index in [0.717, 1.165) is 11.2 Å². The monoisotopic (exact) mass is 476 g/mol. The van der Waals surface area contributed by atoms with E-state index in [2.05, 4.69) is 31.8 Å². The fourth-order valence-corrected chi connectivity index (χ4v) is 3.98. The number of ether oxygens (including phenoxy) is 1. The van der Waals surface area contributed by atoms with Gasteiger partial charge in [0.1, 0.15) is 17.9 Å². The lowest BCUT2D eigenvalue weighted by Crippen LogP contribution is -2.31. The first kappa shape index (κ1) is 21.4. The Kier molecular flexibility index (Phi) is 6.86. The summed E-state index contributed by atoms with van der Waals surface area (Å²) in [7, 11) is 0. The molecule has 8 nitrogen and oxygen atoms in total. The van der Waals surface area contributed by atoms with Gasteiger partial charge in [-0.1, -0.05) is 29.3 Å². The molecule has 11 heteroatoms. The van der Waals surface area contributed by atoms with Gasteiger partial charge in [-0.3, -0.25) is 4.79 Å². The predicted octanol–water partition coefficient (Wildman–Crippen LogP) is 4.00. The summed E-state index contributed by atoms with van der Waals surface area (Å²) in [6.45, 7) is 1.36. The number of carbonyl (C=O) groups is 1. The summed E-state index contributed by atoms with van der Waals surface area (Å²) in [4.78, 5) is 21.9. The number of thiophene rings is 1. The number of hydrogen-bond donors (Lipinski definition) is 2. The Bertz CT molecular complexity index is 1180. The van der Waals surface area contributed by atoms with Crippen LogP contribution >= 0.6 is 34.5 Å². The van der Waals surface area contributed by atoms with E-state index in [1.807, 2.05) is 11.4 Å². The molecular formula is C20H18Cl2N6O2S. The molecule has 0 atom stereocenters. The van der Waals surface area contributed by atoms with Gasteiger partial charge in [0.2, 0.25) is 0 Å². The summed E-state index contributed by atoms with van der Waals surface area (Å²) in [6, 6.07) is 8.91. The summed E-state index contributed by atoms with van der Waals surface area (Å²) in [5.41, 5.74) is 0.696. The molecule has 0 aliphatic heterocycles. The highest BCUT2D eigenvalue weighted by molar-refractivity contribution is 7.09. The van der Waals surface area contributed by atoms with Gasteiger partial charge in [0.15, 0.2) is 12.3 Å². The average Bonchev–Trinajstić information content (AvgIpc) is 3.42. The molecule has 2 N–H and O–H groups in total. The van der Waals surface area contributed by atoms with Crippen LogP contribution in [0.4, 0.5) is 5.82 Å². The molecule has 0 bridgehead atoms. The molecule has 1 aromatic carbocycles. The third-order valence-corrected chi connectivity index (χ3v) is 5.75. The van der Waals surface area contributed by atoms with Gasteiger partial charge in [0.25, 0.3) is 5.91 Å². The standard InChI is InChI=1S/C20H18Cl2N6O2S/c21-13-3-4-17(16(22)8-13)30-11-18(29)23-5-6-28-20-15(10-27-28)19(25-12-26-20)24-9-14-2-1-7-31-14/h1-4,7-8,10,12H,5-6,9,11H2,(H,23,29)(H,24,25,26). The number of fused-ring (bicyclic) bond motifs is 1. The van der Waals surface area contributed by atoms with Crippen LogP contribution in [0.3, 0.4) is 0 Å². The molecule has 0 unspecified atom stereocenters. The maximum atomic E-state index is 12.1. The van der Waals surface area contributed by atoms with Crippen molar-refractivity contribution in [3.8, 4) is 5.75 Å². The number of carbonyl (C=O) groups excluding carboxylic acids is 1. The number of anilines is 1. The van der Waals surface area contributed by atoms with Crippen LogP contribution < -0.4 is 15.4 Å². The number of nitrogens with one attached hydrogen (secondary N) is 2. The highest BCUT2D eigenvalue weighted by atomic mass is 35.5. The van der Waals surface area contributed by atoms with Gasteiger partial charge in [-0.15, -0.1) is 11.3 Å². The number of amides is 1. The molecule has 0 spiro atoms. The minimum atomic E-state index is -0.268. The van der Waals surface area contributed by atoms with Crippen LogP contribution in [-0.2, 0) is 17.9 Å². The highest BCUT2D eigenvalue weighted by Crippen LogP contribution is 2.27. The fourth-order valence-electron chi connectivity index (χ4n) is 2.87. The van der Waals surface area contributed by atoms with Crippen LogP contribution in [0.5, 0.6) is 5.75 Å². The van der Waals surface area contributed by atoms with E-state index in [1.54, 1.807) is 40.4 Å². The maximum absolute atomic E-state index is 12.1. The summed E-state index contributed by atoms with van der Waals surface area (Å²) in [6.07, 6.45) is 3.22. The molecular weight excluding hydrogens is 459 g/mol. The van der Waals surface area contributed by atoms with E-state index in [9.17, 15) is 4.79 Å². The molecule has 0 aliphatic carbocycles. The normalized spacial score (nSPS) is 10.9. The number of halogens is 2. The van der Waals surface area contributed by atoms with E-state index in [0.29, 0.717) is 41.1 Å². The molecule has 0 saturated carbocycles. The van der Waals surface area contributed by atoms with Gasteiger partial charge < -0.3 is 15.4 Å². The lowest BCUT2D eigenvalue weighted by molar-refractivity contribution is -0.123. The van der Waals surface area contributed by atoms with Crippen molar-refractivity contribution in [3.63, 3.8) is 0 Å². The topological polar surface area (TPSA) is 94.0 Å². The Balaban J connectivity index is 1.29. The Morgan fingerprint density at radius 1 is 1.23 bits per heavy atom. The first-order valence-corrected chi connectivity index (χ1v) is 11.0. The Hall–Kier alpha value is -2.88. The van der Waals surface area contributed by atoms with Crippen LogP contribution in [0.2, 0.25) is 10.0 Å². The van der Waals surface area contributed by atoms with Gasteiger partial charge in [0, 0.05) is 16.4 Å². The van der Waals surface area contributed by atoms with Crippen LogP contribution in [0.25, 0.3) is 11.0 Å². The smallest absolute Gasteiger partial charge is 0.258 e.